The number of phenolic OH excluding ortho intramolecular Hbond substituents is 3. The number of fused-ring (bicyclic) bond motifs is 1. The van der Waals surface area contributed by atoms with Gasteiger partial charge in [0.05, 0.1) is 0 Å². The molecule has 7 heteroatoms. The van der Waals surface area contributed by atoms with Gasteiger partial charge in [0.2, 0.25) is 0 Å². The lowest BCUT2D eigenvalue weighted by molar-refractivity contribution is 0.0711. The van der Waals surface area contributed by atoms with Gasteiger partial charge in [0.25, 0.3) is 5.91 Å². The van der Waals surface area contributed by atoms with Gasteiger partial charge < -0.3 is 25.2 Å². The second kappa shape index (κ2) is 6.70. The summed E-state index contributed by atoms with van der Waals surface area (Å²) in [5, 5.41) is 30.4. The van der Waals surface area contributed by atoms with Crippen LogP contribution in [-0.4, -0.2) is 44.2 Å². The predicted molar refractivity (Wildman–Crippen MR) is 103 cm³/mol. The van der Waals surface area contributed by atoms with Gasteiger partial charge in [0.15, 0.2) is 17.2 Å². The summed E-state index contributed by atoms with van der Waals surface area (Å²) in [4.78, 5) is 17.8. The van der Waals surface area contributed by atoms with Crippen molar-refractivity contribution < 1.29 is 20.1 Å². The van der Waals surface area contributed by atoms with Crippen LogP contribution in [0.4, 0.5) is 0 Å². The van der Waals surface area contributed by atoms with Crippen molar-refractivity contribution in [1.29, 1.82) is 0 Å². The average Bonchev–Trinajstić information content (AvgIpc) is 3.08. The monoisotopic (exact) mass is 386 g/mol. The number of amides is 1. The van der Waals surface area contributed by atoms with Gasteiger partial charge in [-0.3, -0.25) is 4.79 Å². The number of carbonyl (C=O) groups excluding carboxylic acids is 1. The Morgan fingerprint density at radius 1 is 1.04 bits per heavy atom. The normalized spacial score (nSPS) is 15.4. The second-order valence-electron chi connectivity index (χ2n) is 6.89. The zero-order valence-electron chi connectivity index (χ0n) is 14.4. The van der Waals surface area contributed by atoms with E-state index in [-0.39, 0.29) is 11.5 Å². The molecule has 4 rings (SSSR count). The van der Waals surface area contributed by atoms with Gasteiger partial charge >= 0.3 is 0 Å². The van der Waals surface area contributed by atoms with Gasteiger partial charge in [-0.1, -0.05) is 11.6 Å². The molecular formula is C20H19ClN2O4. The van der Waals surface area contributed by atoms with Gasteiger partial charge in [-0.05, 0) is 49.2 Å². The number of hydrogen-bond acceptors (Lipinski definition) is 4. The number of phenols is 3. The summed E-state index contributed by atoms with van der Waals surface area (Å²) in [5.74, 6) is -1.59. The lowest BCUT2D eigenvalue weighted by Crippen LogP contribution is -2.37. The SMILES string of the molecule is O=C(c1cc(O)c(O)c(O)c1)N1CCC(c2cc3cc(Cl)ccc3[nH]2)CC1. The highest BCUT2D eigenvalue weighted by Gasteiger charge is 2.26. The third-order valence-corrected chi connectivity index (χ3v) is 5.38. The molecular weight excluding hydrogens is 368 g/mol. The zero-order valence-corrected chi connectivity index (χ0v) is 15.2. The molecule has 4 N–H and O–H groups in total. The molecule has 2 heterocycles. The number of benzene rings is 2. The Bertz CT molecular complexity index is 999. The van der Waals surface area contributed by atoms with Crippen molar-refractivity contribution >= 4 is 28.4 Å². The van der Waals surface area contributed by atoms with Gasteiger partial charge in [-0.2, -0.15) is 0 Å². The van der Waals surface area contributed by atoms with E-state index in [0.29, 0.717) is 24.0 Å². The second-order valence-corrected chi connectivity index (χ2v) is 7.32. The minimum Gasteiger partial charge on any atom is -0.504 e. The summed E-state index contributed by atoms with van der Waals surface area (Å²) >= 11 is 6.05. The number of likely N-dealkylation sites (tertiary alicyclic amines) is 1. The van der Waals surface area contributed by atoms with Gasteiger partial charge in [0, 0.05) is 46.2 Å². The minimum absolute atomic E-state index is 0.154. The number of piperidine rings is 1. The fourth-order valence-corrected chi connectivity index (χ4v) is 3.83. The van der Waals surface area contributed by atoms with E-state index < -0.39 is 17.2 Å². The first kappa shape index (κ1) is 17.5. The first-order valence-corrected chi connectivity index (χ1v) is 9.12. The molecule has 1 aliphatic rings. The number of aromatic amines is 1. The van der Waals surface area contributed by atoms with E-state index in [2.05, 4.69) is 11.1 Å². The highest BCUT2D eigenvalue weighted by molar-refractivity contribution is 6.31. The van der Waals surface area contributed by atoms with Crippen LogP contribution in [0.25, 0.3) is 10.9 Å². The number of hydrogen-bond donors (Lipinski definition) is 4. The number of nitrogens with one attached hydrogen (secondary N) is 1. The van der Waals surface area contributed by atoms with E-state index in [1.807, 2.05) is 18.2 Å². The number of nitrogens with zero attached hydrogens (tertiary/aromatic N) is 1. The summed E-state index contributed by atoms with van der Waals surface area (Å²) in [6.07, 6.45) is 1.62. The topological polar surface area (TPSA) is 96.8 Å². The van der Waals surface area contributed by atoms with Gasteiger partial charge in [-0.25, -0.2) is 0 Å². The van der Waals surface area contributed by atoms with E-state index >= 15 is 0 Å². The highest BCUT2D eigenvalue weighted by Crippen LogP contribution is 2.36. The van der Waals surface area contributed by atoms with Crippen molar-refractivity contribution in [3.63, 3.8) is 0 Å². The van der Waals surface area contributed by atoms with Gasteiger partial charge in [0.1, 0.15) is 0 Å². The van der Waals surface area contributed by atoms with Crippen LogP contribution in [0.2, 0.25) is 5.02 Å². The van der Waals surface area contributed by atoms with E-state index in [1.165, 1.54) is 12.1 Å². The summed E-state index contributed by atoms with van der Waals surface area (Å²) in [6.45, 7) is 1.14. The molecule has 0 unspecified atom stereocenters. The lowest BCUT2D eigenvalue weighted by atomic mass is 9.93. The molecule has 0 spiro atoms. The molecule has 6 nitrogen and oxygen atoms in total. The Kier molecular flexibility index (Phi) is 4.36. The molecule has 0 atom stereocenters. The first-order valence-electron chi connectivity index (χ1n) is 8.75. The van der Waals surface area contributed by atoms with E-state index in [0.717, 1.165) is 29.4 Å². The molecule has 1 fully saturated rings. The minimum atomic E-state index is -0.621. The number of halogens is 1. The smallest absolute Gasteiger partial charge is 0.254 e. The number of aromatic nitrogens is 1. The molecule has 2 aromatic carbocycles. The summed E-state index contributed by atoms with van der Waals surface area (Å²) in [7, 11) is 0. The van der Waals surface area contributed by atoms with Crippen LogP contribution in [0.5, 0.6) is 17.2 Å². The molecule has 1 aromatic heterocycles. The Labute approximate surface area is 160 Å². The van der Waals surface area contributed by atoms with Crippen LogP contribution < -0.4 is 0 Å². The maximum atomic E-state index is 12.6. The van der Waals surface area contributed by atoms with Crippen LogP contribution in [0.3, 0.4) is 0 Å². The largest absolute Gasteiger partial charge is 0.504 e. The third-order valence-electron chi connectivity index (χ3n) is 5.14. The molecule has 140 valence electrons. The van der Waals surface area contributed by atoms with Crippen LogP contribution in [0.1, 0.15) is 34.8 Å². The molecule has 0 radical (unpaired) electrons. The fourth-order valence-electron chi connectivity index (χ4n) is 3.65. The van der Waals surface area contributed by atoms with Crippen molar-refractivity contribution in [2.75, 3.05) is 13.1 Å². The molecule has 1 saturated heterocycles. The fraction of sp³-hybridized carbons (Fsp3) is 0.250. The molecule has 0 saturated carbocycles. The Balaban J connectivity index is 1.47. The molecule has 1 amide bonds. The number of rotatable bonds is 2. The van der Waals surface area contributed by atoms with Crippen LogP contribution >= 0.6 is 11.6 Å². The summed E-state index contributed by atoms with van der Waals surface area (Å²) < 4.78 is 0. The predicted octanol–water partition coefficient (Wildman–Crippen LogP) is 3.96. The average molecular weight is 387 g/mol. The molecule has 27 heavy (non-hydrogen) atoms. The number of H-pyrrole nitrogens is 1. The van der Waals surface area contributed by atoms with Crippen molar-refractivity contribution in [3.8, 4) is 17.2 Å². The zero-order chi connectivity index (χ0) is 19.1. The lowest BCUT2D eigenvalue weighted by Gasteiger charge is -2.31. The Morgan fingerprint density at radius 3 is 2.37 bits per heavy atom. The summed E-state index contributed by atoms with van der Waals surface area (Å²) in [6, 6.07) is 10.2. The quantitative estimate of drug-likeness (QED) is 0.501. The molecule has 0 bridgehead atoms. The standard InChI is InChI=1S/C20H19ClN2O4/c21-14-1-2-15-12(7-14)8-16(22-15)11-3-5-23(6-4-11)20(27)13-9-17(24)19(26)18(25)10-13/h1-2,7-11,22,24-26H,3-6H2. The first-order chi connectivity index (χ1) is 12.9. The van der Waals surface area contributed by atoms with Crippen molar-refractivity contribution in [3.05, 3.63) is 52.7 Å². The Hall–Kier alpha value is -2.86. The number of aromatic hydroxyl groups is 3. The van der Waals surface area contributed by atoms with Crippen molar-refractivity contribution in [2.45, 2.75) is 18.8 Å². The third kappa shape index (κ3) is 3.28. The van der Waals surface area contributed by atoms with Crippen LogP contribution in [0, 0.1) is 0 Å². The van der Waals surface area contributed by atoms with E-state index in [1.54, 1.807) is 4.90 Å². The molecule has 0 aliphatic carbocycles. The molecule has 1 aliphatic heterocycles. The van der Waals surface area contributed by atoms with Gasteiger partial charge in [-0.15, -0.1) is 0 Å². The number of carbonyl (C=O) groups is 1. The maximum absolute atomic E-state index is 12.6. The molecule has 3 aromatic rings. The van der Waals surface area contributed by atoms with E-state index in [9.17, 15) is 20.1 Å². The van der Waals surface area contributed by atoms with Crippen LogP contribution in [-0.2, 0) is 0 Å². The van der Waals surface area contributed by atoms with E-state index in [4.69, 9.17) is 11.6 Å². The van der Waals surface area contributed by atoms with Crippen molar-refractivity contribution in [2.24, 2.45) is 0 Å². The highest BCUT2D eigenvalue weighted by atomic mass is 35.5. The van der Waals surface area contributed by atoms with Crippen molar-refractivity contribution in [1.82, 2.24) is 9.88 Å². The summed E-state index contributed by atoms with van der Waals surface area (Å²) in [5.41, 5.74) is 2.34. The Morgan fingerprint density at radius 2 is 1.70 bits per heavy atom. The maximum Gasteiger partial charge on any atom is 0.254 e. The van der Waals surface area contributed by atoms with Crippen LogP contribution in [0.15, 0.2) is 36.4 Å².